The van der Waals surface area contributed by atoms with Crippen LogP contribution in [0.2, 0.25) is 0 Å². The number of hydrogen-bond donors (Lipinski definition) is 1. The molecule has 0 saturated carbocycles. The Balaban J connectivity index is 2.63. The van der Waals surface area contributed by atoms with Gasteiger partial charge in [0, 0.05) is 7.05 Å². The zero-order chi connectivity index (χ0) is 14.3. The van der Waals surface area contributed by atoms with E-state index in [1.54, 1.807) is 24.3 Å². The maximum absolute atomic E-state index is 11.2. The van der Waals surface area contributed by atoms with Crippen molar-refractivity contribution >= 4 is 21.9 Å². The number of benzene rings is 1. The van der Waals surface area contributed by atoms with Crippen molar-refractivity contribution in [3.63, 3.8) is 0 Å². The van der Waals surface area contributed by atoms with E-state index < -0.39 is 16.4 Å². The van der Waals surface area contributed by atoms with E-state index in [1.807, 2.05) is 4.72 Å². The number of alkyl halides is 1. The molecule has 0 spiro atoms. The van der Waals surface area contributed by atoms with Crippen molar-refractivity contribution in [1.29, 1.82) is 0 Å². The second-order valence-electron chi connectivity index (χ2n) is 3.49. The van der Waals surface area contributed by atoms with Crippen LogP contribution in [0.5, 0.6) is 11.5 Å². The smallest absolute Gasteiger partial charge is 0.336 e. The topological polar surface area (TPSA) is 73.9 Å². The third-order valence-electron chi connectivity index (χ3n) is 2.18. The average molecular weight is 310 g/mol. The Bertz CT molecular complexity index is 494. The summed E-state index contributed by atoms with van der Waals surface area (Å²) >= 11 is 5.64. The van der Waals surface area contributed by atoms with Crippen LogP contribution in [0.25, 0.3) is 0 Å². The highest BCUT2D eigenvalue weighted by Crippen LogP contribution is 2.26. The third-order valence-corrected chi connectivity index (χ3v) is 3.55. The van der Waals surface area contributed by atoms with Gasteiger partial charge in [-0.1, -0.05) is 12.1 Å². The lowest BCUT2D eigenvalue weighted by atomic mass is 10.3. The van der Waals surface area contributed by atoms with Crippen LogP contribution in [-0.4, -0.2) is 41.2 Å². The van der Waals surface area contributed by atoms with Crippen molar-refractivity contribution in [2.24, 2.45) is 0 Å². The molecule has 0 amide bonds. The highest BCUT2D eigenvalue weighted by atomic mass is 35.5. The monoisotopic (exact) mass is 309 g/mol. The minimum atomic E-state index is -3.80. The molecule has 0 aliphatic carbocycles. The van der Waals surface area contributed by atoms with Gasteiger partial charge in [-0.15, -0.1) is 11.6 Å². The van der Waals surface area contributed by atoms with Crippen molar-refractivity contribution in [3.8, 4) is 11.5 Å². The summed E-state index contributed by atoms with van der Waals surface area (Å²) in [4.78, 5) is 0. The first-order valence-corrected chi connectivity index (χ1v) is 7.40. The van der Waals surface area contributed by atoms with Crippen molar-refractivity contribution in [1.82, 2.24) is 4.72 Å². The molecule has 0 aliphatic heterocycles. The second-order valence-corrected chi connectivity index (χ2v) is 5.31. The predicted molar refractivity (Wildman–Crippen MR) is 72.1 cm³/mol. The Morgan fingerprint density at radius 1 is 1.32 bits per heavy atom. The quantitative estimate of drug-likeness (QED) is 0.730. The van der Waals surface area contributed by atoms with Gasteiger partial charge in [-0.3, -0.25) is 0 Å². The molecule has 1 aromatic rings. The fraction of sp³-hybridized carbons (Fsp3) is 0.455. The SMILES string of the molecule is CNS(=O)(=O)OC(CCl)COc1ccccc1OC. The molecular weight excluding hydrogens is 294 g/mol. The summed E-state index contributed by atoms with van der Waals surface area (Å²) in [6.45, 7) is -0.00914. The normalized spacial score (nSPS) is 13.0. The minimum Gasteiger partial charge on any atom is -0.493 e. The van der Waals surface area contributed by atoms with Gasteiger partial charge in [-0.2, -0.15) is 13.1 Å². The molecule has 0 aromatic heterocycles. The number of para-hydroxylation sites is 2. The molecule has 0 saturated heterocycles. The highest BCUT2D eigenvalue weighted by Gasteiger charge is 2.18. The van der Waals surface area contributed by atoms with Crippen LogP contribution in [0.15, 0.2) is 24.3 Å². The van der Waals surface area contributed by atoms with Gasteiger partial charge >= 0.3 is 10.3 Å². The maximum atomic E-state index is 11.2. The Labute approximate surface area is 117 Å². The highest BCUT2D eigenvalue weighted by molar-refractivity contribution is 7.84. The van der Waals surface area contributed by atoms with Crippen LogP contribution < -0.4 is 14.2 Å². The van der Waals surface area contributed by atoms with Crippen molar-refractivity contribution in [2.45, 2.75) is 6.10 Å². The van der Waals surface area contributed by atoms with Gasteiger partial charge < -0.3 is 9.47 Å². The van der Waals surface area contributed by atoms with Crippen LogP contribution in [0.1, 0.15) is 0 Å². The van der Waals surface area contributed by atoms with Gasteiger partial charge in [-0.25, -0.2) is 4.18 Å². The van der Waals surface area contributed by atoms with Crippen LogP contribution in [0, 0.1) is 0 Å². The largest absolute Gasteiger partial charge is 0.493 e. The van der Waals surface area contributed by atoms with Gasteiger partial charge in [-0.05, 0) is 12.1 Å². The Hall–Kier alpha value is -1.02. The Kier molecular flexibility index (Phi) is 6.36. The summed E-state index contributed by atoms with van der Waals surface area (Å²) < 4.78 is 39.8. The molecule has 0 aliphatic rings. The van der Waals surface area contributed by atoms with Crippen molar-refractivity contribution < 1.29 is 22.1 Å². The van der Waals surface area contributed by atoms with Crippen LogP contribution in [0.3, 0.4) is 0 Å². The molecular formula is C11H16ClNO5S. The lowest BCUT2D eigenvalue weighted by molar-refractivity contribution is 0.147. The number of halogens is 1. The third kappa shape index (κ3) is 5.23. The number of ether oxygens (including phenoxy) is 2. The summed E-state index contributed by atoms with van der Waals surface area (Å²) in [7, 11) is -1.03. The van der Waals surface area contributed by atoms with E-state index in [4.69, 9.17) is 25.3 Å². The standard InChI is InChI=1S/C11H16ClNO5S/c1-13-19(14,15)18-9(7-12)8-17-11-6-4-3-5-10(11)16-2/h3-6,9,13H,7-8H2,1-2H3. The number of nitrogens with one attached hydrogen (secondary N) is 1. The molecule has 0 radical (unpaired) electrons. The molecule has 0 heterocycles. The van der Waals surface area contributed by atoms with Crippen LogP contribution >= 0.6 is 11.6 Å². The summed E-state index contributed by atoms with van der Waals surface area (Å²) in [6.07, 6.45) is -0.788. The van der Waals surface area contributed by atoms with Gasteiger partial charge in [0.15, 0.2) is 11.5 Å². The van der Waals surface area contributed by atoms with E-state index in [0.29, 0.717) is 11.5 Å². The molecule has 1 unspecified atom stereocenters. The summed E-state index contributed by atoms with van der Waals surface area (Å²) in [6, 6.07) is 7.01. The van der Waals surface area contributed by atoms with E-state index >= 15 is 0 Å². The minimum absolute atomic E-state index is 0.00914. The van der Waals surface area contributed by atoms with Gasteiger partial charge in [0.2, 0.25) is 0 Å². The Morgan fingerprint density at radius 2 is 1.95 bits per heavy atom. The molecule has 1 aromatic carbocycles. The first-order chi connectivity index (χ1) is 9.02. The fourth-order valence-electron chi connectivity index (χ4n) is 1.25. The van der Waals surface area contributed by atoms with Gasteiger partial charge in [0.05, 0.1) is 13.0 Å². The lowest BCUT2D eigenvalue weighted by Gasteiger charge is -2.16. The molecule has 108 valence electrons. The summed E-state index contributed by atoms with van der Waals surface area (Å²) in [5.74, 6) is 1.02. The predicted octanol–water partition coefficient (Wildman–Crippen LogP) is 1.16. The van der Waals surface area contributed by atoms with E-state index in [-0.39, 0.29) is 12.5 Å². The lowest BCUT2D eigenvalue weighted by Crippen LogP contribution is -2.32. The van der Waals surface area contributed by atoms with E-state index in [0.717, 1.165) is 0 Å². The second kappa shape index (κ2) is 7.54. The first kappa shape index (κ1) is 16.0. The molecule has 19 heavy (non-hydrogen) atoms. The number of rotatable bonds is 8. The van der Waals surface area contributed by atoms with Crippen LogP contribution in [-0.2, 0) is 14.5 Å². The molecule has 1 rings (SSSR count). The molecule has 1 N–H and O–H groups in total. The number of hydrogen-bond acceptors (Lipinski definition) is 5. The van der Waals surface area contributed by atoms with Gasteiger partial charge in [0.1, 0.15) is 12.7 Å². The molecule has 6 nitrogen and oxygen atoms in total. The Morgan fingerprint density at radius 3 is 2.47 bits per heavy atom. The molecule has 1 atom stereocenters. The van der Waals surface area contributed by atoms with E-state index in [1.165, 1.54) is 14.2 Å². The van der Waals surface area contributed by atoms with Crippen molar-refractivity contribution in [2.75, 3.05) is 26.6 Å². The maximum Gasteiger partial charge on any atom is 0.336 e. The zero-order valence-corrected chi connectivity index (χ0v) is 12.2. The first-order valence-electron chi connectivity index (χ1n) is 5.46. The number of methoxy groups -OCH3 is 1. The zero-order valence-electron chi connectivity index (χ0n) is 10.6. The summed E-state index contributed by atoms with van der Waals surface area (Å²) in [5.41, 5.74) is 0. The van der Waals surface area contributed by atoms with E-state index in [9.17, 15) is 8.42 Å². The molecule has 0 bridgehead atoms. The van der Waals surface area contributed by atoms with E-state index in [2.05, 4.69) is 0 Å². The fourth-order valence-corrected chi connectivity index (χ4v) is 2.05. The molecule has 8 heteroatoms. The average Bonchev–Trinajstić information content (AvgIpc) is 2.43. The summed E-state index contributed by atoms with van der Waals surface area (Å²) in [5, 5.41) is 0. The van der Waals surface area contributed by atoms with Crippen molar-refractivity contribution in [3.05, 3.63) is 24.3 Å². The van der Waals surface area contributed by atoms with Crippen LogP contribution in [0.4, 0.5) is 0 Å². The van der Waals surface area contributed by atoms with Gasteiger partial charge in [0.25, 0.3) is 0 Å². The molecule has 0 fully saturated rings.